The molecule has 94 valence electrons. The average Bonchev–Trinajstić information content (AvgIpc) is 2.48. The summed E-state index contributed by atoms with van der Waals surface area (Å²) in [4.78, 5) is 0. The molecule has 2 nitrogen and oxygen atoms in total. The van der Waals surface area contributed by atoms with Crippen molar-refractivity contribution in [2.45, 2.75) is 6.92 Å². The van der Waals surface area contributed by atoms with E-state index in [1.165, 1.54) is 16.3 Å². The SMILES string of the molecule is C/C=C\C1=CCN(c2ccc3ccccc3c2)N=C1. The molecule has 0 atom stereocenters. The van der Waals surface area contributed by atoms with Crippen LogP contribution in [0.4, 0.5) is 5.69 Å². The fraction of sp³-hybridized carbons (Fsp3) is 0.118. The van der Waals surface area contributed by atoms with Crippen molar-refractivity contribution in [3.63, 3.8) is 0 Å². The molecule has 0 saturated carbocycles. The summed E-state index contributed by atoms with van der Waals surface area (Å²) in [5.74, 6) is 0. The van der Waals surface area contributed by atoms with Crippen LogP contribution >= 0.6 is 0 Å². The third kappa shape index (κ3) is 2.43. The molecule has 0 aliphatic carbocycles. The van der Waals surface area contributed by atoms with Gasteiger partial charge in [0, 0.05) is 0 Å². The van der Waals surface area contributed by atoms with E-state index in [-0.39, 0.29) is 0 Å². The number of nitrogens with zero attached hydrogens (tertiary/aromatic N) is 2. The first-order valence-electron chi connectivity index (χ1n) is 6.50. The van der Waals surface area contributed by atoms with E-state index < -0.39 is 0 Å². The average molecular weight is 248 g/mol. The summed E-state index contributed by atoms with van der Waals surface area (Å²) in [6, 6.07) is 14.8. The maximum atomic E-state index is 4.50. The number of benzene rings is 2. The Balaban J connectivity index is 1.88. The molecule has 0 radical (unpaired) electrons. The highest BCUT2D eigenvalue weighted by atomic mass is 15.4. The van der Waals surface area contributed by atoms with Crippen LogP contribution < -0.4 is 5.01 Å². The second-order valence-electron chi connectivity index (χ2n) is 4.56. The van der Waals surface area contributed by atoms with Crippen molar-refractivity contribution in [2.24, 2.45) is 5.10 Å². The number of fused-ring (bicyclic) bond motifs is 1. The number of hydrazone groups is 1. The fourth-order valence-electron chi connectivity index (χ4n) is 2.24. The van der Waals surface area contributed by atoms with Crippen molar-refractivity contribution in [3.8, 4) is 0 Å². The molecule has 1 aliphatic rings. The van der Waals surface area contributed by atoms with Crippen LogP contribution in [0, 0.1) is 0 Å². The molecule has 0 aromatic heterocycles. The quantitative estimate of drug-likeness (QED) is 0.779. The van der Waals surface area contributed by atoms with Gasteiger partial charge in [-0.15, -0.1) is 0 Å². The summed E-state index contributed by atoms with van der Waals surface area (Å²) < 4.78 is 0. The van der Waals surface area contributed by atoms with E-state index in [9.17, 15) is 0 Å². The Morgan fingerprint density at radius 1 is 1.11 bits per heavy atom. The number of rotatable bonds is 2. The first-order valence-corrected chi connectivity index (χ1v) is 6.50. The Morgan fingerprint density at radius 2 is 1.95 bits per heavy atom. The van der Waals surface area contributed by atoms with E-state index in [0.29, 0.717) is 0 Å². The Hall–Kier alpha value is -2.35. The van der Waals surface area contributed by atoms with Gasteiger partial charge in [-0.1, -0.05) is 48.6 Å². The first kappa shape index (κ1) is 11.7. The lowest BCUT2D eigenvalue weighted by Crippen LogP contribution is -2.19. The zero-order valence-electron chi connectivity index (χ0n) is 11.0. The molecule has 2 heteroatoms. The van der Waals surface area contributed by atoms with Gasteiger partial charge in [0.05, 0.1) is 18.4 Å². The lowest BCUT2D eigenvalue weighted by Gasteiger charge is -2.21. The number of anilines is 1. The molecule has 0 saturated heterocycles. The third-order valence-electron chi connectivity index (χ3n) is 3.24. The van der Waals surface area contributed by atoms with Crippen LogP contribution in [0.15, 0.2) is 71.4 Å². The highest BCUT2D eigenvalue weighted by molar-refractivity contribution is 5.87. The summed E-state index contributed by atoms with van der Waals surface area (Å²) in [6.45, 7) is 2.83. The van der Waals surface area contributed by atoms with Crippen LogP contribution in [-0.2, 0) is 0 Å². The predicted octanol–water partition coefficient (Wildman–Crippen LogP) is 4.15. The monoisotopic (exact) mass is 248 g/mol. The molecule has 0 spiro atoms. The molecule has 0 fully saturated rings. The molecule has 1 aliphatic heterocycles. The highest BCUT2D eigenvalue weighted by Gasteiger charge is 2.07. The van der Waals surface area contributed by atoms with Gasteiger partial charge in [0.1, 0.15) is 0 Å². The van der Waals surface area contributed by atoms with Crippen LogP contribution in [0.1, 0.15) is 6.92 Å². The van der Waals surface area contributed by atoms with Crippen molar-refractivity contribution in [3.05, 3.63) is 66.3 Å². The standard InChI is InChI=1S/C17H16N2/c1-2-5-14-10-11-19(18-13-14)17-9-8-15-6-3-4-7-16(15)12-17/h2-10,12-13H,11H2,1H3/b5-2-. The summed E-state index contributed by atoms with van der Waals surface area (Å²) in [5.41, 5.74) is 2.30. The lowest BCUT2D eigenvalue weighted by molar-refractivity contribution is 0.933. The van der Waals surface area contributed by atoms with Crippen LogP contribution in [0.5, 0.6) is 0 Å². The van der Waals surface area contributed by atoms with Gasteiger partial charge in [0.15, 0.2) is 0 Å². The van der Waals surface area contributed by atoms with E-state index >= 15 is 0 Å². The van der Waals surface area contributed by atoms with E-state index in [2.05, 4.69) is 59.7 Å². The van der Waals surface area contributed by atoms with Crippen LogP contribution in [0.3, 0.4) is 0 Å². The van der Waals surface area contributed by atoms with E-state index in [0.717, 1.165) is 12.2 Å². The lowest BCUT2D eigenvalue weighted by atomic mass is 10.1. The van der Waals surface area contributed by atoms with Crippen molar-refractivity contribution in [2.75, 3.05) is 11.6 Å². The second kappa shape index (κ2) is 5.11. The largest absolute Gasteiger partial charge is 0.262 e. The number of hydrogen-bond donors (Lipinski definition) is 0. The molecule has 3 rings (SSSR count). The van der Waals surface area contributed by atoms with Gasteiger partial charge in [0.25, 0.3) is 0 Å². The van der Waals surface area contributed by atoms with E-state index in [1.807, 2.05) is 24.2 Å². The van der Waals surface area contributed by atoms with Crippen molar-refractivity contribution in [1.29, 1.82) is 0 Å². The number of hydrogen-bond acceptors (Lipinski definition) is 2. The summed E-state index contributed by atoms with van der Waals surface area (Å²) >= 11 is 0. The topological polar surface area (TPSA) is 15.6 Å². The van der Waals surface area contributed by atoms with E-state index in [1.54, 1.807) is 0 Å². The first-order chi connectivity index (χ1) is 9.36. The van der Waals surface area contributed by atoms with Crippen LogP contribution in [0.2, 0.25) is 0 Å². The minimum absolute atomic E-state index is 0.814. The van der Waals surface area contributed by atoms with Gasteiger partial charge in [0.2, 0.25) is 0 Å². The fourth-order valence-corrected chi connectivity index (χ4v) is 2.24. The highest BCUT2D eigenvalue weighted by Crippen LogP contribution is 2.23. The summed E-state index contributed by atoms with van der Waals surface area (Å²) in [6.07, 6.45) is 8.19. The molecular formula is C17H16N2. The molecule has 2 aromatic carbocycles. The third-order valence-corrected chi connectivity index (χ3v) is 3.24. The van der Waals surface area contributed by atoms with Gasteiger partial charge in [-0.05, 0) is 35.4 Å². The maximum absolute atomic E-state index is 4.50. The van der Waals surface area contributed by atoms with Gasteiger partial charge in [-0.2, -0.15) is 5.10 Å². The normalized spacial score (nSPS) is 15.2. The molecule has 2 aromatic rings. The van der Waals surface area contributed by atoms with Crippen molar-refractivity contribution >= 4 is 22.7 Å². The van der Waals surface area contributed by atoms with Crippen molar-refractivity contribution < 1.29 is 0 Å². The van der Waals surface area contributed by atoms with Gasteiger partial charge in [-0.25, -0.2) is 0 Å². The molecule has 0 N–H and O–H groups in total. The van der Waals surface area contributed by atoms with Crippen LogP contribution in [-0.4, -0.2) is 12.8 Å². The summed E-state index contributed by atoms with van der Waals surface area (Å²) in [7, 11) is 0. The van der Waals surface area contributed by atoms with Crippen molar-refractivity contribution in [1.82, 2.24) is 0 Å². The minimum Gasteiger partial charge on any atom is -0.262 e. The van der Waals surface area contributed by atoms with Gasteiger partial charge >= 0.3 is 0 Å². The Morgan fingerprint density at radius 3 is 2.68 bits per heavy atom. The molecule has 0 bridgehead atoms. The zero-order valence-corrected chi connectivity index (χ0v) is 11.0. The maximum Gasteiger partial charge on any atom is 0.0606 e. The molecule has 0 unspecified atom stereocenters. The second-order valence-corrected chi connectivity index (χ2v) is 4.56. The van der Waals surface area contributed by atoms with E-state index in [4.69, 9.17) is 0 Å². The molecule has 1 heterocycles. The zero-order chi connectivity index (χ0) is 13.1. The number of allylic oxidation sites excluding steroid dienone is 3. The van der Waals surface area contributed by atoms with Crippen LogP contribution in [0.25, 0.3) is 10.8 Å². The minimum atomic E-state index is 0.814. The summed E-state index contributed by atoms with van der Waals surface area (Å²) in [5, 5.41) is 9.02. The molecule has 19 heavy (non-hydrogen) atoms. The Kier molecular flexibility index (Phi) is 3.15. The van der Waals surface area contributed by atoms with Gasteiger partial charge < -0.3 is 0 Å². The Bertz CT molecular complexity index is 680. The Labute approximate surface area is 113 Å². The predicted molar refractivity (Wildman–Crippen MR) is 82.7 cm³/mol. The smallest absolute Gasteiger partial charge is 0.0606 e. The van der Waals surface area contributed by atoms with Gasteiger partial charge in [-0.3, -0.25) is 5.01 Å². The molecule has 0 amide bonds. The molecular weight excluding hydrogens is 232 g/mol.